The lowest BCUT2D eigenvalue weighted by atomic mass is 10.1. The molecule has 0 radical (unpaired) electrons. The largest absolute Gasteiger partial charge is 0.497 e. The van der Waals surface area contributed by atoms with Crippen LogP contribution in [0, 0.1) is 11.6 Å². The fourth-order valence-electron chi connectivity index (χ4n) is 2.11. The first-order valence-electron chi connectivity index (χ1n) is 6.14. The van der Waals surface area contributed by atoms with Crippen molar-refractivity contribution >= 4 is 0 Å². The molecule has 0 spiro atoms. The number of methoxy groups -OCH3 is 1. The Morgan fingerprint density at radius 3 is 2.65 bits per heavy atom. The molecule has 0 N–H and O–H groups in total. The fourth-order valence-corrected chi connectivity index (χ4v) is 2.11. The smallest absolute Gasteiger partial charge is 0.263 e. The van der Waals surface area contributed by atoms with E-state index in [2.05, 4.69) is 10.1 Å². The highest BCUT2D eigenvalue weighted by molar-refractivity contribution is 5.56. The van der Waals surface area contributed by atoms with Crippen LogP contribution < -0.4 is 4.74 Å². The Kier molecular flexibility index (Phi) is 3.35. The highest BCUT2D eigenvalue weighted by Gasteiger charge is 2.25. The third-order valence-corrected chi connectivity index (χ3v) is 3.20. The quantitative estimate of drug-likeness (QED) is 0.865. The minimum absolute atomic E-state index is 0.0110. The SMILES string of the molecule is COc1cc(F)c(-c2nc(C3CCOC3)no2)c(F)c1. The van der Waals surface area contributed by atoms with E-state index in [1.54, 1.807) is 0 Å². The third-order valence-electron chi connectivity index (χ3n) is 3.20. The average molecular weight is 282 g/mol. The molecule has 20 heavy (non-hydrogen) atoms. The van der Waals surface area contributed by atoms with E-state index in [0.29, 0.717) is 19.0 Å². The number of aromatic nitrogens is 2. The molecule has 0 amide bonds. The normalized spacial score (nSPS) is 18.4. The Morgan fingerprint density at radius 2 is 2.05 bits per heavy atom. The van der Waals surface area contributed by atoms with Crippen molar-refractivity contribution in [3.05, 3.63) is 29.6 Å². The third kappa shape index (κ3) is 2.24. The van der Waals surface area contributed by atoms with Crippen LogP contribution in [0.4, 0.5) is 8.78 Å². The summed E-state index contributed by atoms with van der Waals surface area (Å²) >= 11 is 0. The maximum Gasteiger partial charge on any atom is 0.263 e. The first-order chi connectivity index (χ1) is 9.69. The van der Waals surface area contributed by atoms with Gasteiger partial charge in [-0.2, -0.15) is 4.98 Å². The number of rotatable bonds is 3. The summed E-state index contributed by atoms with van der Waals surface area (Å²) < 4.78 is 42.8. The molecule has 2 heterocycles. The standard InChI is InChI=1S/C13H12F2N2O3/c1-18-8-4-9(14)11(10(15)5-8)13-16-12(17-20-13)7-2-3-19-6-7/h4-5,7H,2-3,6H2,1H3. The minimum Gasteiger partial charge on any atom is -0.497 e. The van der Waals surface area contributed by atoms with Crippen molar-refractivity contribution < 1.29 is 22.8 Å². The van der Waals surface area contributed by atoms with Crippen LogP contribution in [-0.2, 0) is 4.74 Å². The van der Waals surface area contributed by atoms with Gasteiger partial charge in [-0.1, -0.05) is 5.16 Å². The molecule has 5 nitrogen and oxygen atoms in total. The van der Waals surface area contributed by atoms with Gasteiger partial charge in [-0.25, -0.2) is 8.78 Å². The van der Waals surface area contributed by atoms with Crippen LogP contribution in [0.25, 0.3) is 11.5 Å². The predicted molar refractivity (Wildman–Crippen MR) is 64.4 cm³/mol. The summed E-state index contributed by atoms with van der Waals surface area (Å²) in [6.45, 7) is 1.12. The molecule has 1 atom stereocenters. The molecule has 0 bridgehead atoms. The number of benzene rings is 1. The van der Waals surface area contributed by atoms with E-state index in [9.17, 15) is 8.78 Å². The van der Waals surface area contributed by atoms with Crippen LogP contribution >= 0.6 is 0 Å². The summed E-state index contributed by atoms with van der Waals surface area (Å²) in [5.74, 6) is -1.28. The van der Waals surface area contributed by atoms with Gasteiger partial charge in [0.2, 0.25) is 0 Å². The van der Waals surface area contributed by atoms with Gasteiger partial charge in [0.05, 0.1) is 13.7 Å². The van der Waals surface area contributed by atoms with Gasteiger partial charge in [-0.05, 0) is 6.42 Å². The highest BCUT2D eigenvalue weighted by Crippen LogP contribution is 2.30. The molecule has 1 aliphatic rings. The number of hydrogen-bond acceptors (Lipinski definition) is 5. The molecule has 106 valence electrons. The zero-order chi connectivity index (χ0) is 14.1. The zero-order valence-corrected chi connectivity index (χ0v) is 10.7. The lowest BCUT2D eigenvalue weighted by Crippen LogP contribution is -2.00. The molecular formula is C13H12F2N2O3. The van der Waals surface area contributed by atoms with Crippen molar-refractivity contribution in [2.45, 2.75) is 12.3 Å². The van der Waals surface area contributed by atoms with Crippen molar-refractivity contribution in [3.8, 4) is 17.2 Å². The lowest BCUT2D eigenvalue weighted by Gasteiger charge is -2.03. The number of ether oxygens (including phenoxy) is 2. The topological polar surface area (TPSA) is 57.4 Å². The van der Waals surface area contributed by atoms with E-state index in [1.165, 1.54) is 7.11 Å². The van der Waals surface area contributed by atoms with Crippen molar-refractivity contribution in [3.63, 3.8) is 0 Å². The first-order valence-corrected chi connectivity index (χ1v) is 6.14. The summed E-state index contributed by atoms with van der Waals surface area (Å²) in [6, 6.07) is 2.14. The minimum atomic E-state index is -0.806. The molecule has 1 aromatic heterocycles. The average Bonchev–Trinajstić information content (AvgIpc) is 3.08. The van der Waals surface area contributed by atoms with E-state index in [4.69, 9.17) is 14.0 Å². The summed E-state index contributed by atoms with van der Waals surface area (Å²) in [5, 5.41) is 3.77. The summed E-state index contributed by atoms with van der Waals surface area (Å²) in [4.78, 5) is 4.06. The van der Waals surface area contributed by atoms with Crippen LogP contribution in [-0.4, -0.2) is 30.5 Å². The van der Waals surface area contributed by atoms with Gasteiger partial charge < -0.3 is 14.0 Å². The maximum absolute atomic E-state index is 13.9. The monoisotopic (exact) mass is 282 g/mol. The molecular weight excluding hydrogens is 270 g/mol. The van der Waals surface area contributed by atoms with Gasteiger partial charge >= 0.3 is 0 Å². The van der Waals surface area contributed by atoms with E-state index in [-0.39, 0.29) is 23.1 Å². The van der Waals surface area contributed by atoms with Crippen LogP contribution in [0.2, 0.25) is 0 Å². The van der Waals surface area contributed by atoms with Gasteiger partial charge in [0.25, 0.3) is 5.89 Å². The van der Waals surface area contributed by atoms with Gasteiger partial charge in [0.1, 0.15) is 22.9 Å². The number of hydrogen-bond donors (Lipinski definition) is 0. The molecule has 0 saturated carbocycles. The summed E-state index contributed by atoms with van der Waals surface area (Å²) in [7, 11) is 1.33. The zero-order valence-electron chi connectivity index (χ0n) is 10.7. The molecule has 2 aromatic rings. The van der Waals surface area contributed by atoms with Crippen molar-refractivity contribution in [2.75, 3.05) is 20.3 Å². The predicted octanol–water partition coefficient (Wildman–Crippen LogP) is 2.53. The van der Waals surface area contributed by atoms with Crippen molar-refractivity contribution in [1.29, 1.82) is 0 Å². The second kappa shape index (κ2) is 5.16. The molecule has 7 heteroatoms. The van der Waals surface area contributed by atoms with Crippen LogP contribution in [0.1, 0.15) is 18.2 Å². The Bertz CT molecular complexity index is 601. The molecule has 1 aromatic carbocycles. The molecule has 3 rings (SSSR count). The van der Waals surface area contributed by atoms with Crippen molar-refractivity contribution in [2.24, 2.45) is 0 Å². The second-order valence-corrected chi connectivity index (χ2v) is 4.48. The molecule has 1 unspecified atom stereocenters. The van der Waals surface area contributed by atoms with Gasteiger partial charge in [0, 0.05) is 24.7 Å². The lowest BCUT2D eigenvalue weighted by molar-refractivity contribution is 0.192. The van der Waals surface area contributed by atoms with Crippen LogP contribution in [0.5, 0.6) is 5.75 Å². The van der Waals surface area contributed by atoms with Gasteiger partial charge in [-0.3, -0.25) is 0 Å². The molecule has 1 saturated heterocycles. The van der Waals surface area contributed by atoms with E-state index in [1.807, 2.05) is 0 Å². The Labute approximate surface area is 113 Å². The summed E-state index contributed by atoms with van der Waals surface area (Å²) in [5.41, 5.74) is -0.344. The first kappa shape index (κ1) is 13.0. The Morgan fingerprint density at radius 1 is 1.30 bits per heavy atom. The Hall–Kier alpha value is -2.02. The number of halogens is 2. The van der Waals surface area contributed by atoms with Crippen LogP contribution in [0.3, 0.4) is 0 Å². The van der Waals surface area contributed by atoms with Gasteiger partial charge in [-0.15, -0.1) is 0 Å². The molecule has 1 fully saturated rings. The number of nitrogens with zero attached hydrogens (tertiary/aromatic N) is 2. The molecule has 0 aliphatic carbocycles. The maximum atomic E-state index is 13.9. The Balaban J connectivity index is 1.96. The van der Waals surface area contributed by atoms with Crippen LogP contribution in [0.15, 0.2) is 16.7 Å². The van der Waals surface area contributed by atoms with Gasteiger partial charge in [0.15, 0.2) is 5.82 Å². The fraction of sp³-hybridized carbons (Fsp3) is 0.385. The summed E-state index contributed by atoms with van der Waals surface area (Å²) in [6.07, 6.45) is 0.770. The van der Waals surface area contributed by atoms with Crippen molar-refractivity contribution in [1.82, 2.24) is 10.1 Å². The second-order valence-electron chi connectivity index (χ2n) is 4.48. The molecule has 1 aliphatic heterocycles. The van der Waals surface area contributed by atoms with E-state index >= 15 is 0 Å². The van der Waals surface area contributed by atoms with E-state index < -0.39 is 11.6 Å². The van der Waals surface area contributed by atoms with E-state index in [0.717, 1.165) is 18.6 Å². The highest BCUT2D eigenvalue weighted by atomic mass is 19.1.